The van der Waals surface area contributed by atoms with Crippen LogP contribution in [0.15, 0.2) is 16.1 Å². The summed E-state index contributed by atoms with van der Waals surface area (Å²) in [6.45, 7) is 6.61. The Hall–Kier alpha value is -0.440. The van der Waals surface area contributed by atoms with Crippen LogP contribution in [0.2, 0.25) is 0 Å². The maximum atomic E-state index is 4.98. The Morgan fingerprint density at radius 2 is 2.25 bits per heavy atom. The SMILES string of the molecule is CCC/C(=C/S/C=N\N)C(C)C. The standard InChI is InChI=1S/C9H18N2S/c1-4-5-9(8(2)3)6-12-7-11-10/h6-8H,4-5,10H2,1-3H3/b9-6-,11-7-. The van der Waals surface area contributed by atoms with Crippen LogP contribution in [-0.2, 0) is 0 Å². The third-order valence-electron chi connectivity index (χ3n) is 1.62. The summed E-state index contributed by atoms with van der Waals surface area (Å²) in [4.78, 5) is 0. The van der Waals surface area contributed by atoms with Crippen molar-refractivity contribution in [3.05, 3.63) is 11.0 Å². The molecule has 0 aliphatic rings. The molecule has 0 aromatic heterocycles. The minimum atomic E-state index is 0.628. The van der Waals surface area contributed by atoms with Crippen molar-refractivity contribution in [1.29, 1.82) is 0 Å². The molecule has 0 bridgehead atoms. The Morgan fingerprint density at radius 1 is 1.58 bits per heavy atom. The molecule has 0 spiro atoms. The summed E-state index contributed by atoms with van der Waals surface area (Å²) >= 11 is 1.55. The summed E-state index contributed by atoms with van der Waals surface area (Å²) in [7, 11) is 0. The van der Waals surface area contributed by atoms with E-state index in [0.717, 1.165) is 0 Å². The predicted octanol–water partition coefficient (Wildman–Crippen LogP) is 2.96. The zero-order valence-corrected chi connectivity index (χ0v) is 8.90. The summed E-state index contributed by atoms with van der Waals surface area (Å²) in [6.07, 6.45) is 2.37. The molecule has 70 valence electrons. The van der Waals surface area contributed by atoms with E-state index in [4.69, 9.17) is 5.84 Å². The molecule has 0 rings (SSSR count). The first kappa shape index (κ1) is 11.6. The van der Waals surface area contributed by atoms with E-state index in [1.54, 1.807) is 17.3 Å². The van der Waals surface area contributed by atoms with Gasteiger partial charge in [0.25, 0.3) is 0 Å². The van der Waals surface area contributed by atoms with Gasteiger partial charge in [-0.25, -0.2) is 0 Å². The average Bonchev–Trinajstić information content (AvgIpc) is 2.03. The molecule has 3 heteroatoms. The zero-order chi connectivity index (χ0) is 9.40. The van der Waals surface area contributed by atoms with Crippen LogP contribution in [0.3, 0.4) is 0 Å². The molecule has 0 aromatic carbocycles. The van der Waals surface area contributed by atoms with Crippen molar-refractivity contribution in [2.24, 2.45) is 16.9 Å². The fraction of sp³-hybridized carbons (Fsp3) is 0.667. The lowest BCUT2D eigenvalue weighted by atomic mass is 10.0. The molecule has 0 aromatic rings. The highest BCUT2D eigenvalue weighted by Crippen LogP contribution is 2.18. The molecule has 0 radical (unpaired) electrons. The summed E-state index contributed by atoms with van der Waals surface area (Å²) < 4.78 is 0. The number of thioether (sulfide) groups is 1. The van der Waals surface area contributed by atoms with Crippen LogP contribution in [0, 0.1) is 5.92 Å². The van der Waals surface area contributed by atoms with Gasteiger partial charge in [-0.1, -0.05) is 44.5 Å². The van der Waals surface area contributed by atoms with Gasteiger partial charge in [0.1, 0.15) is 0 Å². The van der Waals surface area contributed by atoms with Gasteiger partial charge >= 0.3 is 0 Å². The molecule has 0 heterocycles. The first-order chi connectivity index (χ1) is 5.72. The number of hydrogen-bond donors (Lipinski definition) is 1. The average molecular weight is 186 g/mol. The van der Waals surface area contributed by atoms with Gasteiger partial charge < -0.3 is 5.84 Å². The normalized spacial score (nSPS) is 13.2. The monoisotopic (exact) mass is 186 g/mol. The minimum absolute atomic E-state index is 0.628. The highest BCUT2D eigenvalue weighted by Gasteiger charge is 2.00. The van der Waals surface area contributed by atoms with Crippen molar-refractivity contribution in [2.75, 3.05) is 0 Å². The van der Waals surface area contributed by atoms with Gasteiger partial charge in [0.15, 0.2) is 0 Å². The van der Waals surface area contributed by atoms with Crippen LogP contribution < -0.4 is 5.84 Å². The highest BCUT2D eigenvalue weighted by atomic mass is 32.2. The molecule has 12 heavy (non-hydrogen) atoms. The fourth-order valence-electron chi connectivity index (χ4n) is 0.925. The summed E-state index contributed by atoms with van der Waals surface area (Å²) in [5, 5.41) is 5.56. The molecule has 0 aliphatic heterocycles. The summed E-state index contributed by atoms with van der Waals surface area (Å²) in [5.74, 6) is 5.61. The van der Waals surface area contributed by atoms with Crippen LogP contribution in [-0.4, -0.2) is 5.55 Å². The van der Waals surface area contributed by atoms with Crippen LogP contribution in [0.25, 0.3) is 0 Å². The van der Waals surface area contributed by atoms with Gasteiger partial charge in [-0.15, -0.1) is 0 Å². The van der Waals surface area contributed by atoms with Gasteiger partial charge in [0.2, 0.25) is 0 Å². The number of allylic oxidation sites excluding steroid dienone is 1. The van der Waals surface area contributed by atoms with Crippen molar-refractivity contribution in [3.63, 3.8) is 0 Å². The molecule has 0 atom stereocenters. The Morgan fingerprint density at radius 3 is 2.67 bits per heavy atom. The van der Waals surface area contributed by atoms with E-state index in [1.807, 2.05) is 0 Å². The van der Waals surface area contributed by atoms with E-state index in [0.29, 0.717) is 5.92 Å². The highest BCUT2D eigenvalue weighted by molar-refractivity contribution is 8.14. The Balaban J connectivity index is 3.99. The Bertz CT molecular complexity index is 162. The Labute approximate surface area is 79.3 Å². The number of nitrogens with two attached hydrogens (primary N) is 1. The number of hydrogen-bond acceptors (Lipinski definition) is 3. The molecule has 0 aliphatic carbocycles. The molecular weight excluding hydrogens is 168 g/mol. The zero-order valence-electron chi connectivity index (χ0n) is 8.08. The lowest BCUT2D eigenvalue weighted by Crippen LogP contribution is -1.92. The molecular formula is C9H18N2S. The van der Waals surface area contributed by atoms with Crippen LogP contribution in [0.1, 0.15) is 33.6 Å². The third kappa shape index (κ3) is 5.24. The van der Waals surface area contributed by atoms with E-state index in [1.165, 1.54) is 18.4 Å². The van der Waals surface area contributed by atoms with Crippen molar-refractivity contribution in [2.45, 2.75) is 33.6 Å². The summed E-state index contributed by atoms with van der Waals surface area (Å²) in [5.41, 5.74) is 3.13. The maximum absolute atomic E-state index is 4.98. The second kappa shape index (κ2) is 7.22. The van der Waals surface area contributed by atoms with Gasteiger partial charge in [-0.05, 0) is 17.7 Å². The molecule has 0 saturated heterocycles. The molecule has 0 unspecified atom stereocenters. The van der Waals surface area contributed by atoms with Gasteiger partial charge in [-0.3, -0.25) is 0 Å². The third-order valence-corrected chi connectivity index (χ3v) is 2.30. The van der Waals surface area contributed by atoms with Crippen molar-refractivity contribution in [3.8, 4) is 0 Å². The molecule has 0 amide bonds. The Kier molecular flexibility index (Phi) is 6.96. The van der Waals surface area contributed by atoms with E-state index in [-0.39, 0.29) is 0 Å². The topological polar surface area (TPSA) is 38.4 Å². The molecule has 0 fully saturated rings. The van der Waals surface area contributed by atoms with Crippen molar-refractivity contribution < 1.29 is 0 Å². The largest absolute Gasteiger partial charge is 0.323 e. The van der Waals surface area contributed by atoms with E-state index in [2.05, 4.69) is 31.3 Å². The lowest BCUT2D eigenvalue weighted by molar-refractivity contribution is 0.704. The number of hydrazone groups is 1. The van der Waals surface area contributed by atoms with Crippen LogP contribution in [0.4, 0.5) is 0 Å². The maximum Gasteiger partial charge on any atom is 0.0836 e. The second-order valence-corrected chi connectivity index (χ2v) is 3.71. The second-order valence-electron chi connectivity index (χ2n) is 2.99. The molecule has 2 N–H and O–H groups in total. The van der Waals surface area contributed by atoms with Crippen molar-refractivity contribution >= 4 is 17.3 Å². The van der Waals surface area contributed by atoms with E-state index < -0.39 is 0 Å². The smallest absolute Gasteiger partial charge is 0.0836 e. The van der Waals surface area contributed by atoms with Crippen LogP contribution in [0.5, 0.6) is 0 Å². The van der Waals surface area contributed by atoms with E-state index >= 15 is 0 Å². The van der Waals surface area contributed by atoms with E-state index in [9.17, 15) is 0 Å². The minimum Gasteiger partial charge on any atom is -0.323 e. The molecule has 0 saturated carbocycles. The predicted molar refractivity (Wildman–Crippen MR) is 58.1 cm³/mol. The first-order valence-corrected chi connectivity index (χ1v) is 5.22. The number of nitrogens with zero attached hydrogens (tertiary/aromatic N) is 1. The summed E-state index contributed by atoms with van der Waals surface area (Å²) in [6, 6.07) is 0. The first-order valence-electron chi connectivity index (χ1n) is 4.28. The molecule has 2 nitrogen and oxygen atoms in total. The van der Waals surface area contributed by atoms with Gasteiger partial charge in [0.05, 0.1) is 5.55 Å². The lowest BCUT2D eigenvalue weighted by Gasteiger charge is -2.08. The number of rotatable bonds is 5. The van der Waals surface area contributed by atoms with Crippen molar-refractivity contribution in [1.82, 2.24) is 0 Å². The fourth-order valence-corrected chi connectivity index (χ4v) is 1.62. The van der Waals surface area contributed by atoms with Crippen LogP contribution >= 0.6 is 11.8 Å². The van der Waals surface area contributed by atoms with Gasteiger partial charge in [-0.2, -0.15) is 5.10 Å². The van der Waals surface area contributed by atoms with Gasteiger partial charge in [0, 0.05) is 0 Å². The quantitative estimate of drug-likeness (QED) is 0.310.